The number of carbonyl (C=O) groups is 2. The molecule has 1 heterocycles. The second-order valence-electron chi connectivity index (χ2n) is 6.52. The molecule has 0 aliphatic carbocycles. The summed E-state index contributed by atoms with van der Waals surface area (Å²) in [6.07, 6.45) is 0. The Labute approximate surface area is 167 Å². The molecule has 0 aliphatic rings. The van der Waals surface area contributed by atoms with Crippen LogP contribution in [-0.4, -0.2) is 37.1 Å². The fraction of sp³-hybridized carbons (Fsp3) is 0.250. The standard InChI is InChI=1S/C20H21N5O2S/c1-12-5-10-18(11-13(12)2)25-20(22-23-24-25)28-15(4)19(27)21-17-8-6-16(7-9-17)14(3)26/h5-11,15H,1-4H3,(H,21,27)/t15-/m0/s1. The van der Waals surface area contributed by atoms with E-state index < -0.39 is 5.25 Å². The Balaban J connectivity index is 1.70. The Bertz CT molecular complexity index is 1010. The summed E-state index contributed by atoms with van der Waals surface area (Å²) >= 11 is 1.28. The van der Waals surface area contributed by atoms with E-state index in [0.29, 0.717) is 16.4 Å². The topological polar surface area (TPSA) is 89.8 Å². The molecule has 0 bridgehead atoms. The van der Waals surface area contributed by atoms with E-state index >= 15 is 0 Å². The van der Waals surface area contributed by atoms with Crippen LogP contribution in [0.15, 0.2) is 47.6 Å². The Morgan fingerprint density at radius 3 is 2.43 bits per heavy atom. The van der Waals surface area contributed by atoms with Gasteiger partial charge in [0.05, 0.1) is 10.9 Å². The van der Waals surface area contributed by atoms with Gasteiger partial charge in [-0.3, -0.25) is 9.59 Å². The summed E-state index contributed by atoms with van der Waals surface area (Å²) in [6.45, 7) is 7.38. The van der Waals surface area contributed by atoms with Gasteiger partial charge in [0.25, 0.3) is 0 Å². The summed E-state index contributed by atoms with van der Waals surface area (Å²) in [5, 5.41) is 14.8. The molecule has 144 valence electrons. The van der Waals surface area contributed by atoms with Gasteiger partial charge in [0, 0.05) is 11.3 Å². The van der Waals surface area contributed by atoms with Crippen LogP contribution in [0.25, 0.3) is 5.69 Å². The quantitative estimate of drug-likeness (QED) is 0.507. The predicted octanol–water partition coefficient (Wildman–Crippen LogP) is 3.60. The molecule has 1 amide bonds. The average Bonchev–Trinajstić information content (AvgIpc) is 3.12. The number of ketones is 1. The van der Waals surface area contributed by atoms with Crippen LogP contribution in [0.5, 0.6) is 0 Å². The minimum Gasteiger partial charge on any atom is -0.325 e. The van der Waals surface area contributed by atoms with Crippen molar-refractivity contribution in [2.45, 2.75) is 38.1 Å². The maximum Gasteiger partial charge on any atom is 0.237 e. The summed E-state index contributed by atoms with van der Waals surface area (Å²) in [5.74, 6) is -0.185. The molecule has 1 atom stereocenters. The molecular formula is C20H21N5O2S. The van der Waals surface area contributed by atoms with E-state index in [1.54, 1.807) is 35.9 Å². The largest absolute Gasteiger partial charge is 0.325 e. The number of tetrazole rings is 1. The van der Waals surface area contributed by atoms with Crippen LogP contribution in [0.1, 0.15) is 35.3 Å². The number of amides is 1. The van der Waals surface area contributed by atoms with Crippen LogP contribution >= 0.6 is 11.8 Å². The Kier molecular flexibility index (Phi) is 5.89. The number of thioether (sulfide) groups is 1. The minimum absolute atomic E-state index is 0.0139. The lowest BCUT2D eigenvalue weighted by atomic mass is 10.1. The van der Waals surface area contributed by atoms with E-state index in [4.69, 9.17) is 0 Å². The van der Waals surface area contributed by atoms with Crippen molar-refractivity contribution < 1.29 is 9.59 Å². The molecule has 0 saturated carbocycles. The van der Waals surface area contributed by atoms with Gasteiger partial charge in [0.1, 0.15) is 0 Å². The van der Waals surface area contributed by atoms with Gasteiger partial charge in [-0.15, -0.1) is 5.10 Å². The predicted molar refractivity (Wildman–Crippen MR) is 109 cm³/mol. The highest BCUT2D eigenvalue weighted by Gasteiger charge is 2.19. The third-order valence-electron chi connectivity index (χ3n) is 4.39. The van der Waals surface area contributed by atoms with Gasteiger partial charge in [-0.2, -0.15) is 4.68 Å². The molecule has 0 aliphatic heterocycles. The second-order valence-corrected chi connectivity index (χ2v) is 7.83. The fourth-order valence-corrected chi connectivity index (χ4v) is 3.32. The van der Waals surface area contributed by atoms with Gasteiger partial charge in [0.2, 0.25) is 11.1 Å². The molecule has 0 spiro atoms. The molecule has 1 N–H and O–H groups in total. The first kappa shape index (κ1) is 19.8. The molecule has 3 rings (SSSR count). The number of nitrogens with zero attached hydrogens (tertiary/aromatic N) is 4. The molecule has 0 unspecified atom stereocenters. The van der Waals surface area contributed by atoms with E-state index in [0.717, 1.165) is 11.3 Å². The van der Waals surface area contributed by atoms with Crippen molar-refractivity contribution in [2.24, 2.45) is 0 Å². The maximum atomic E-state index is 12.5. The number of anilines is 1. The van der Waals surface area contributed by atoms with Gasteiger partial charge in [-0.1, -0.05) is 17.8 Å². The van der Waals surface area contributed by atoms with Crippen LogP contribution in [0.3, 0.4) is 0 Å². The van der Waals surface area contributed by atoms with Crippen LogP contribution < -0.4 is 5.32 Å². The molecular weight excluding hydrogens is 374 g/mol. The maximum absolute atomic E-state index is 12.5. The van der Waals surface area contributed by atoms with E-state index in [9.17, 15) is 9.59 Å². The van der Waals surface area contributed by atoms with Gasteiger partial charge in [-0.25, -0.2) is 0 Å². The fourth-order valence-electron chi connectivity index (χ4n) is 2.52. The summed E-state index contributed by atoms with van der Waals surface area (Å²) < 4.78 is 1.63. The molecule has 0 saturated heterocycles. The first-order chi connectivity index (χ1) is 13.3. The summed E-state index contributed by atoms with van der Waals surface area (Å²) in [5.41, 5.74) is 4.42. The summed E-state index contributed by atoms with van der Waals surface area (Å²) in [7, 11) is 0. The van der Waals surface area contributed by atoms with Crippen molar-refractivity contribution in [1.29, 1.82) is 0 Å². The molecule has 0 fully saturated rings. The molecule has 2 aromatic carbocycles. The number of nitrogens with one attached hydrogen (secondary N) is 1. The van der Waals surface area contributed by atoms with Gasteiger partial charge >= 0.3 is 0 Å². The second kappa shape index (κ2) is 8.35. The number of aromatic nitrogens is 4. The first-order valence-corrected chi connectivity index (χ1v) is 9.67. The molecule has 28 heavy (non-hydrogen) atoms. The number of benzene rings is 2. The Hall–Kier alpha value is -3.00. The molecule has 8 heteroatoms. The molecule has 7 nitrogen and oxygen atoms in total. The van der Waals surface area contributed by atoms with Gasteiger partial charge < -0.3 is 5.32 Å². The van der Waals surface area contributed by atoms with Gasteiger partial charge in [-0.05, 0) is 85.6 Å². The zero-order chi connectivity index (χ0) is 20.3. The van der Waals surface area contributed by atoms with E-state index in [2.05, 4.69) is 20.8 Å². The summed E-state index contributed by atoms with van der Waals surface area (Å²) in [6, 6.07) is 12.8. The van der Waals surface area contributed by atoms with Crippen molar-refractivity contribution in [1.82, 2.24) is 20.2 Å². The number of aryl methyl sites for hydroxylation is 2. The average molecular weight is 395 g/mol. The normalized spacial score (nSPS) is 11.9. The van der Waals surface area contributed by atoms with E-state index in [-0.39, 0.29) is 11.7 Å². The van der Waals surface area contributed by atoms with E-state index in [1.165, 1.54) is 24.2 Å². The Morgan fingerprint density at radius 2 is 1.79 bits per heavy atom. The Morgan fingerprint density at radius 1 is 1.07 bits per heavy atom. The lowest BCUT2D eigenvalue weighted by Crippen LogP contribution is -2.23. The van der Waals surface area contributed by atoms with Crippen molar-refractivity contribution in [3.05, 3.63) is 59.2 Å². The van der Waals surface area contributed by atoms with E-state index in [1.807, 2.05) is 32.0 Å². The number of hydrogen-bond acceptors (Lipinski definition) is 6. The van der Waals surface area contributed by atoms with Crippen LogP contribution in [0.4, 0.5) is 5.69 Å². The number of Topliss-reactive ketones (excluding diaryl/α,β-unsaturated/α-hetero) is 1. The third-order valence-corrected chi connectivity index (χ3v) is 5.42. The lowest BCUT2D eigenvalue weighted by Gasteiger charge is -2.12. The summed E-state index contributed by atoms with van der Waals surface area (Å²) in [4.78, 5) is 23.9. The zero-order valence-corrected chi connectivity index (χ0v) is 16.9. The lowest BCUT2D eigenvalue weighted by molar-refractivity contribution is -0.115. The molecule has 0 radical (unpaired) electrons. The SMILES string of the molecule is CC(=O)c1ccc(NC(=O)[C@H](C)Sc2nnnn2-c2ccc(C)c(C)c2)cc1. The van der Waals surface area contributed by atoms with Crippen LogP contribution in [0, 0.1) is 13.8 Å². The van der Waals surface area contributed by atoms with Crippen molar-refractivity contribution in [2.75, 3.05) is 5.32 Å². The first-order valence-electron chi connectivity index (χ1n) is 8.79. The monoisotopic (exact) mass is 395 g/mol. The van der Waals surface area contributed by atoms with Crippen molar-refractivity contribution in [3.8, 4) is 5.69 Å². The highest BCUT2D eigenvalue weighted by molar-refractivity contribution is 8.00. The number of hydrogen-bond donors (Lipinski definition) is 1. The van der Waals surface area contributed by atoms with Crippen molar-refractivity contribution >= 4 is 29.1 Å². The number of carbonyl (C=O) groups excluding carboxylic acids is 2. The smallest absolute Gasteiger partial charge is 0.237 e. The third kappa shape index (κ3) is 4.45. The van der Waals surface area contributed by atoms with Crippen LogP contribution in [0.2, 0.25) is 0 Å². The van der Waals surface area contributed by atoms with Crippen LogP contribution in [-0.2, 0) is 4.79 Å². The minimum atomic E-state index is -0.413. The van der Waals surface area contributed by atoms with Crippen molar-refractivity contribution in [3.63, 3.8) is 0 Å². The number of rotatable bonds is 6. The highest BCUT2D eigenvalue weighted by Crippen LogP contribution is 2.25. The zero-order valence-electron chi connectivity index (χ0n) is 16.1. The molecule has 1 aromatic heterocycles. The highest BCUT2D eigenvalue weighted by atomic mass is 32.2. The van der Waals surface area contributed by atoms with Gasteiger partial charge in [0.15, 0.2) is 5.78 Å². The molecule has 3 aromatic rings.